The summed E-state index contributed by atoms with van der Waals surface area (Å²) in [7, 11) is 1.40. The number of ether oxygens (including phenoxy) is 2. The maximum atomic E-state index is 14.7. The van der Waals surface area contributed by atoms with Gasteiger partial charge >= 0.3 is 12.1 Å². The molecule has 29 heavy (non-hydrogen) atoms. The first-order valence-electron chi connectivity index (χ1n) is 8.76. The molecule has 2 saturated heterocycles. The Morgan fingerprint density at radius 2 is 2.07 bits per heavy atom. The average Bonchev–Trinajstić information content (AvgIpc) is 3.25. The van der Waals surface area contributed by atoms with Crippen LogP contribution in [-0.4, -0.2) is 79.8 Å². The number of benzene rings is 1. The second kappa shape index (κ2) is 8.74. The number of carbonyl (C=O) groups excluding carboxylic acids is 1. The number of rotatable bonds is 6. The van der Waals surface area contributed by atoms with Crippen LogP contribution in [0, 0.1) is 11.6 Å². The Balaban J connectivity index is 1.70. The summed E-state index contributed by atoms with van der Waals surface area (Å²) in [4.78, 5) is 27.0. The minimum atomic E-state index is -1.01. The standard InChI is InChI=1S/C17H20F2N4O5S/c1-27-16(29)20-6-11-7-23(17(26)28-11)10-4-12(18)15(13(19)5-10)22-3-2-21(9-22)8-14(24)25/h4-5,11H,2-3,6-9H2,1H3,(H,20,29)(H,24,25)/t11-/m0/s1. The summed E-state index contributed by atoms with van der Waals surface area (Å²) in [6.45, 7) is 0.845. The molecule has 2 heterocycles. The van der Waals surface area contributed by atoms with E-state index >= 15 is 0 Å². The van der Waals surface area contributed by atoms with Crippen molar-refractivity contribution < 1.29 is 33.0 Å². The zero-order valence-electron chi connectivity index (χ0n) is 15.6. The van der Waals surface area contributed by atoms with E-state index in [1.165, 1.54) is 12.0 Å². The maximum absolute atomic E-state index is 14.7. The molecule has 2 aliphatic heterocycles. The van der Waals surface area contributed by atoms with Crippen molar-refractivity contribution >= 4 is 40.8 Å². The highest BCUT2D eigenvalue weighted by molar-refractivity contribution is 7.80. The van der Waals surface area contributed by atoms with Gasteiger partial charge in [-0.3, -0.25) is 14.6 Å². The Bertz CT molecular complexity index is 804. The first-order chi connectivity index (χ1) is 13.8. The number of thiocarbonyl (C=S) groups is 1. The fraction of sp³-hybridized carbons (Fsp3) is 0.471. The van der Waals surface area contributed by atoms with Crippen LogP contribution in [0.3, 0.4) is 0 Å². The van der Waals surface area contributed by atoms with Crippen molar-refractivity contribution in [1.82, 2.24) is 10.2 Å². The molecule has 0 aromatic heterocycles. The topological polar surface area (TPSA) is 94.6 Å². The quantitative estimate of drug-likeness (QED) is 0.641. The van der Waals surface area contributed by atoms with Crippen LogP contribution >= 0.6 is 12.2 Å². The normalized spacial score (nSPS) is 19.4. The van der Waals surface area contributed by atoms with Crippen molar-refractivity contribution in [3.8, 4) is 0 Å². The first kappa shape index (κ1) is 21.0. The minimum Gasteiger partial charge on any atom is -0.480 e. The molecule has 0 spiro atoms. The van der Waals surface area contributed by atoms with Gasteiger partial charge in [0.2, 0.25) is 0 Å². The lowest BCUT2D eigenvalue weighted by atomic mass is 10.2. The van der Waals surface area contributed by atoms with Crippen LogP contribution in [0.2, 0.25) is 0 Å². The molecule has 9 nitrogen and oxygen atoms in total. The fourth-order valence-electron chi connectivity index (χ4n) is 3.27. The van der Waals surface area contributed by atoms with Crippen molar-refractivity contribution in [3.63, 3.8) is 0 Å². The maximum Gasteiger partial charge on any atom is 0.414 e. The zero-order valence-corrected chi connectivity index (χ0v) is 16.4. The Morgan fingerprint density at radius 1 is 1.38 bits per heavy atom. The summed E-state index contributed by atoms with van der Waals surface area (Å²) in [6.07, 6.45) is -1.29. The molecule has 1 atom stereocenters. The number of nitrogens with zero attached hydrogens (tertiary/aromatic N) is 3. The van der Waals surface area contributed by atoms with E-state index in [1.807, 2.05) is 0 Å². The molecule has 0 saturated carbocycles. The van der Waals surface area contributed by atoms with E-state index < -0.39 is 29.8 Å². The summed E-state index contributed by atoms with van der Waals surface area (Å²) in [5.41, 5.74) is -0.218. The number of halogens is 2. The Labute approximate surface area is 170 Å². The van der Waals surface area contributed by atoms with E-state index in [0.29, 0.717) is 13.1 Å². The molecule has 2 N–H and O–H groups in total. The van der Waals surface area contributed by atoms with Gasteiger partial charge in [0.05, 0.1) is 39.1 Å². The van der Waals surface area contributed by atoms with Crippen LogP contribution in [0.5, 0.6) is 0 Å². The largest absolute Gasteiger partial charge is 0.480 e. The SMILES string of the molecule is COC(=S)NC[C@H]1CN(c2cc(F)c(N3CCN(CC(=O)O)C3)c(F)c2)C(=O)O1. The van der Waals surface area contributed by atoms with Crippen LogP contribution < -0.4 is 15.1 Å². The van der Waals surface area contributed by atoms with Gasteiger partial charge in [-0.05, 0) is 12.2 Å². The smallest absolute Gasteiger partial charge is 0.414 e. The zero-order chi connectivity index (χ0) is 21.1. The van der Waals surface area contributed by atoms with Crippen molar-refractivity contribution in [2.75, 3.05) is 56.3 Å². The third-order valence-electron chi connectivity index (χ3n) is 4.58. The third-order valence-corrected chi connectivity index (χ3v) is 4.89. The van der Waals surface area contributed by atoms with Crippen molar-refractivity contribution in [1.29, 1.82) is 0 Å². The summed E-state index contributed by atoms with van der Waals surface area (Å²) in [5.74, 6) is -2.69. The monoisotopic (exact) mass is 430 g/mol. The summed E-state index contributed by atoms with van der Waals surface area (Å²) in [5, 5.41) is 11.7. The number of aliphatic carboxylic acids is 1. The van der Waals surface area contributed by atoms with Gasteiger partial charge in [0, 0.05) is 25.2 Å². The number of carbonyl (C=O) groups is 2. The highest BCUT2D eigenvalue weighted by Crippen LogP contribution is 2.32. The first-order valence-corrected chi connectivity index (χ1v) is 9.17. The van der Waals surface area contributed by atoms with Crippen molar-refractivity contribution in [2.24, 2.45) is 0 Å². The number of amides is 1. The number of carboxylic acid groups (broad SMARTS) is 1. The molecule has 158 valence electrons. The van der Waals surface area contributed by atoms with Gasteiger partial charge in [0.15, 0.2) is 11.6 Å². The third kappa shape index (κ3) is 4.82. The predicted octanol–water partition coefficient (Wildman–Crippen LogP) is 0.975. The van der Waals surface area contributed by atoms with Crippen LogP contribution in [0.25, 0.3) is 0 Å². The molecular formula is C17H20F2N4O5S. The molecule has 0 aliphatic carbocycles. The van der Waals surface area contributed by atoms with Gasteiger partial charge in [-0.25, -0.2) is 13.6 Å². The Kier molecular flexibility index (Phi) is 6.33. The molecule has 2 fully saturated rings. The number of cyclic esters (lactones) is 1. The highest BCUT2D eigenvalue weighted by Gasteiger charge is 2.34. The molecule has 12 heteroatoms. The molecule has 0 bridgehead atoms. The fourth-order valence-corrected chi connectivity index (χ4v) is 3.35. The number of hydrogen-bond acceptors (Lipinski definition) is 7. The predicted molar refractivity (Wildman–Crippen MR) is 103 cm³/mol. The molecule has 0 unspecified atom stereocenters. The van der Waals surface area contributed by atoms with Crippen LogP contribution in [-0.2, 0) is 14.3 Å². The molecule has 1 aromatic carbocycles. The van der Waals surface area contributed by atoms with E-state index in [0.717, 1.165) is 17.0 Å². The molecule has 0 radical (unpaired) electrons. The number of anilines is 2. The lowest BCUT2D eigenvalue weighted by Crippen LogP contribution is -2.34. The van der Waals surface area contributed by atoms with E-state index in [2.05, 4.69) is 5.32 Å². The second-order valence-corrected chi connectivity index (χ2v) is 6.97. The Morgan fingerprint density at radius 3 is 2.69 bits per heavy atom. The van der Waals surface area contributed by atoms with E-state index in [4.69, 9.17) is 26.8 Å². The number of methoxy groups -OCH3 is 1. The number of carboxylic acids is 1. The lowest BCUT2D eigenvalue weighted by molar-refractivity contribution is -0.138. The van der Waals surface area contributed by atoms with Gasteiger partial charge in [-0.2, -0.15) is 0 Å². The van der Waals surface area contributed by atoms with Gasteiger partial charge in [-0.1, -0.05) is 0 Å². The van der Waals surface area contributed by atoms with Gasteiger partial charge in [0.1, 0.15) is 11.8 Å². The van der Waals surface area contributed by atoms with Crippen molar-refractivity contribution in [3.05, 3.63) is 23.8 Å². The highest BCUT2D eigenvalue weighted by atomic mass is 32.1. The minimum absolute atomic E-state index is 0.0344. The van der Waals surface area contributed by atoms with Crippen molar-refractivity contribution in [2.45, 2.75) is 6.10 Å². The van der Waals surface area contributed by atoms with Gasteiger partial charge < -0.3 is 24.8 Å². The van der Waals surface area contributed by atoms with Crippen LogP contribution in [0.4, 0.5) is 25.0 Å². The molecule has 1 amide bonds. The van der Waals surface area contributed by atoms with Gasteiger partial charge in [0.25, 0.3) is 5.17 Å². The molecule has 3 rings (SSSR count). The molecular weight excluding hydrogens is 410 g/mol. The Hall–Kier alpha value is -2.73. The molecule has 1 aromatic rings. The van der Waals surface area contributed by atoms with E-state index in [-0.39, 0.29) is 42.9 Å². The average molecular weight is 430 g/mol. The number of nitrogens with one attached hydrogen (secondary N) is 1. The molecule has 2 aliphatic rings. The summed E-state index contributed by atoms with van der Waals surface area (Å²) >= 11 is 4.85. The summed E-state index contributed by atoms with van der Waals surface area (Å²) < 4.78 is 39.3. The van der Waals surface area contributed by atoms with Crippen LogP contribution in [0.15, 0.2) is 12.1 Å². The number of hydrogen-bond donors (Lipinski definition) is 2. The van der Waals surface area contributed by atoms with E-state index in [9.17, 15) is 18.4 Å². The van der Waals surface area contributed by atoms with Crippen LogP contribution in [0.1, 0.15) is 0 Å². The summed E-state index contributed by atoms with van der Waals surface area (Å²) in [6, 6.07) is 2.13. The van der Waals surface area contributed by atoms with E-state index in [1.54, 1.807) is 4.90 Å². The second-order valence-electron chi connectivity index (χ2n) is 6.60. The van der Waals surface area contributed by atoms with Gasteiger partial charge in [-0.15, -0.1) is 0 Å². The lowest BCUT2D eigenvalue weighted by Gasteiger charge is -2.22.